The van der Waals surface area contributed by atoms with Crippen LogP contribution in [0.1, 0.15) is 94.6 Å². The number of anilines is 1. The third-order valence-electron chi connectivity index (χ3n) is 13.5. The van der Waals surface area contributed by atoms with Crippen molar-refractivity contribution in [1.29, 1.82) is 0 Å². The van der Waals surface area contributed by atoms with E-state index in [-0.39, 0.29) is 69.2 Å². The van der Waals surface area contributed by atoms with Crippen LogP contribution < -0.4 is 14.4 Å². The minimum Gasteiger partial charge on any atom is -0.508 e. The van der Waals surface area contributed by atoms with Gasteiger partial charge in [0.2, 0.25) is 5.88 Å². The number of phenolic OH excluding ortho intramolecular Hbond substituents is 1. The number of aliphatic hydroxyl groups is 1. The van der Waals surface area contributed by atoms with E-state index in [2.05, 4.69) is 15.8 Å². The van der Waals surface area contributed by atoms with Crippen LogP contribution in [0.25, 0.3) is 27.7 Å². The van der Waals surface area contributed by atoms with Gasteiger partial charge in [-0.15, -0.1) is 6.42 Å². The summed E-state index contributed by atoms with van der Waals surface area (Å²) in [6.45, 7) is 3.28. The van der Waals surface area contributed by atoms with E-state index >= 15 is 8.78 Å². The van der Waals surface area contributed by atoms with Crippen LogP contribution in [0, 0.1) is 23.6 Å². The molecule has 3 atom stereocenters. The van der Waals surface area contributed by atoms with Crippen LogP contribution in [-0.4, -0.2) is 93.8 Å². The van der Waals surface area contributed by atoms with E-state index in [1.165, 1.54) is 25.7 Å². The Morgan fingerprint density at radius 2 is 1.81 bits per heavy atom. The number of aromatic nitrogens is 3. The molecule has 3 aliphatic heterocycles. The van der Waals surface area contributed by atoms with E-state index in [1.807, 2.05) is 4.90 Å². The number of nitrogens with zero attached hydrogens (tertiary/aromatic N) is 5. The molecular formula is C42H49F2N5O5. The average molecular weight is 742 g/mol. The van der Waals surface area contributed by atoms with Crippen molar-refractivity contribution < 1.29 is 33.2 Å². The second-order valence-electron chi connectivity index (χ2n) is 16.4. The van der Waals surface area contributed by atoms with Gasteiger partial charge in [-0.25, -0.2) is 13.8 Å². The molecule has 9 rings (SSSR count). The summed E-state index contributed by atoms with van der Waals surface area (Å²) >= 11 is 0. The zero-order valence-electron chi connectivity index (χ0n) is 31.0. The lowest BCUT2D eigenvalue weighted by molar-refractivity contribution is -0.175. The smallest absolute Gasteiger partial charge is 0.319 e. The quantitative estimate of drug-likeness (QED) is 0.249. The Morgan fingerprint density at radius 3 is 2.56 bits per heavy atom. The van der Waals surface area contributed by atoms with Crippen molar-refractivity contribution in [3.05, 3.63) is 34.9 Å². The van der Waals surface area contributed by atoms with Crippen molar-refractivity contribution in [2.45, 2.75) is 114 Å². The van der Waals surface area contributed by atoms with Crippen molar-refractivity contribution in [1.82, 2.24) is 19.9 Å². The number of piperidine rings is 2. The van der Waals surface area contributed by atoms with E-state index < -0.39 is 17.7 Å². The Morgan fingerprint density at radius 1 is 1.00 bits per heavy atom. The van der Waals surface area contributed by atoms with Gasteiger partial charge in [-0.3, -0.25) is 4.90 Å². The van der Waals surface area contributed by atoms with Gasteiger partial charge in [0.1, 0.15) is 34.0 Å². The Balaban J connectivity index is 1.11. The number of hydrogen-bond acceptors (Lipinski definition) is 10. The van der Waals surface area contributed by atoms with E-state index in [0.717, 1.165) is 77.4 Å². The van der Waals surface area contributed by atoms with Crippen LogP contribution in [0.15, 0.2) is 18.0 Å². The Hall–Kier alpha value is -4.05. The van der Waals surface area contributed by atoms with Gasteiger partial charge in [0, 0.05) is 48.1 Å². The number of rotatable bonds is 7. The van der Waals surface area contributed by atoms with Crippen LogP contribution in [0.2, 0.25) is 0 Å². The lowest BCUT2D eigenvalue weighted by Gasteiger charge is -2.53. The summed E-state index contributed by atoms with van der Waals surface area (Å²) in [5.74, 6) is 1.49. The van der Waals surface area contributed by atoms with Gasteiger partial charge in [-0.1, -0.05) is 12.3 Å². The number of likely N-dealkylation sites (tertiary alicyclic amines) is 1. The Kier molecular flexibility index (Phi) is 9.18. The fourth-order valence-corrected chi connectivity index (χ4v) is 10.7. The molecule has 1 aromatic carbocycles. The monoisotopic (exact) mass is 741 g/mol. The summed E-state index contributed by atoms with van der Waals surface area (Å²) < 4.78 is 50.9. The van der Waals surface area contributed by atoms with E-state index in [4.69, 9.17) is 30.6 Å². The number of aryl methyl sites for hydroxylation is 1. The number of fused-ring (bicyclic) bond motifs is 3. The predicted octanol–water partition coefficient (Wildman–Crippen LogP) is 6.88. The molecule has 5 fully saturated rings. The topological polar surface area (TPSA) is 113 Å². The van der Waals surface area contributed by atoms with E-state index in [9.17, 15) is 10.2 Å². The number of phenols is 1. The molecular weight excluding hydrogens is 692 g/mol. The first-order chi connectivity index (χ1) is 26.2. The van der Waals surface area contributed by atoms with Crippen molar-refractivity contribution in [2.75, 3.05) is 44.9 Å². The highest BCUT2D eigenvalue weighted by Gasteiger charge is 2.52. The van der Waals surface area contributed by atoms with Gasteiger partial charge in [-0.05, 0) is 101 Å². The second kappa shape index (κ2) is 13.9. The molecule has 0 amide bonds. The number of aromatic hydroxyl groups is 1. The van der Waals surface area contributed by atoms with Crippen LogP contribution in [-0.2, 0) is 11.2 Å². The number of methoxy groups -OCH3 is 1. The van der Waals surface area contributed by atoms with Gasteiger partial charge in [0.15, 0.2) is 5.82 Å². The highest BCUT2D eigenvalue weighted by Crippen LogP contribution is 2.51. The SMILES string of the molecule is C#CC1=C(F)CCc2cc(O)cc(-c3nc(OC)c4c(N5CCCC(O)C5)nc(OCC56CCCC5N(C5CCC7(CCO7)CC5)CCC6)nc4c3F)c21. The third kappa shape index (κ3) is 5.98. The number of benzene rings is 1. The average Bonchev–Trinajstić information content (AvgIpc) is 3.61. The first-order valence-electron chi connectivity index (χ1n) is 19.8. The summed E-state index contributed by atoms with van der Waals surface area (Å²) in [7, 11) is 1.44. The largest absolute Gasteiger partial charge is 0.508 e. The molecule has 0 radical (unpaired) electrons. The molecule has 3 unspecified atom stereocenters. The minimum absolute atomic E-state index is 0.0113. The number of pyridine rings is 1. The minimum atomic E-state index is -0.793. The number of hydrogen-bond donors (Lipinski definition) is 2. The normalized spacial score (nSPS) is 29.8. The van der Waals surface area contributed by atoms with Crippen LogP contribution in [0.3, 0.4) is 0 Å². The molecule has 3 aliphatic carbocycles. The molecule has 10 nitrogen and oxygen atoms in total. The molecule has 286 valence electrons. The van der Waals surface area contributed by atoms with E-state index in [0.29, 0.717) is 55.1 Å². The number of ether oxygens (including phenoxy) is 3. The molecule has 0 bridgehead atoms. The zero-order valence-corrected chi connectivity index (χ0v) is 31.0. The molecule has 12 heteroatoms. The van der Waals surface area contributed by atoms with Crippen molar-refractivity contribution in [3.63, 3.8) is 0 Å². The highest BCUT2D eigenvalue weighted by atomic mass is 19.1. The standard InChI is InChI=1S/C42H49F2N5O5/c1-3-29-31(43)10-9-25-21-28(51)22-30(33(25)29)36-35(44)37-34(39(45-36)52-2)38(48-18-5-7-27(50)23-48)47-40(46-37)53-24-41-13-4-8-32(41)49(19-6-14-41)26-11-15-42(16-12-26)17-20-54-42/h1,21-22,26-27,32,50-51H,4-20,23-24H2,2H3. The maximum Gasteiger partial charge on any atom is 0.319 e. The molecule has 3 aromatic rings. The Bertz CT molecular complexity index is 2040. The fourth-order valence-electron chi connectivity index (χ4n) is 10.7. The van der Waals surface area contributed by atoms with Crippen LogP contribution >= 0.6 is 0 Å². The lowest BCUT2D eigenvalue weighted by atomic mass is 9.72. The van der Waals surface area contributed by atoms with Gasteiger partial charge < -0.3 is 29.3 Å². The van der Waals surface area contributed by atoms with Crippen molar-refractivity contribution in [3.8, 4) is 41.2 Å². The van der Waals surface area contributed by atoms with Gasteiger partial charge >= 0.3 is 6.01 Å². The summed E-state index contributed by atoms with van der Waals surface area (Å²) in [5.41, 5.74) is 0.887. The molecule has 54 heavy (non-hydrogen) atoms. The van der Waals surface area contributed by atoms with Crippen molar-refractivity contribution in [2.24, 2.45) is 5.41 Å². The first kappa shape index (κ1) is 35.6. The van der Waals surface area contributed by atoms with E-state index in [1.54, 1.807) is 0 Å². The molecule has 1 spiro atoms. The fraction of sp³-hybridized carbons (Fsp3) is 0.595. The summed E-state index contributed by atoms with van der Waals surface area (Å²) in [4.78, 5) is 19.0. The summed E-state index contributed by atoms with van der Waals surface area (Å²) in [5, 5.41) is 21.7. The maximum absolute atomic E-state index is 17.3. The third-order valence-corrected chi connectivity index (χ3v) is 13.5. The number of halogens is 2. The predicted molar refractivity (Wildman–Crippen MR) is 201 cm³/mol. The Labute approximate surface area is 314 Å². The molecule has 2 aromatic heterocycles. The number of β-amino-alcohol motifs (C(OH)–C–C–N with tert-alkyl or cyclic N) is 1. The molecule has 3 saturated heterocycles. The second-order valence-corrected chi connectivity index (χ2v) is 16.4. The molecule has 2 N–H and O–H groups in total. The summed E-state index contributed by atoms with van der Waals surface area (Å²) in [6, 6.07) is 3.87. The van der Waals surface area contributed by atoms with Crippen LogP contribution in [0.4, 0.5) is 14.6 Å². The number of terminal acetylenes is 1. The molecule has 6 aliphatic rings. The van der Waals surface area contributed by atoms with Gasteiger partial charge in [0.25, 0.3) is 0 Å². The highest BCUT2D eigenvalue weighted by molar-refractivity contribution is 5.99. The first-order valence-corrected chi connectivity index (χ1v) is 19.8. The number of aliphatic hydroxyl groups excluding tert-OH is 1. The molecule has 5 heterocycles. The maximum atomic E-state index is 17.3. The van der Waals surface area contributed by atoms with Gasteiger partial charge in [-0.2, -0.15) is 9.97 Å². The number of allylic oxidation sites excluding steroid dienone is 2. The summed E-state index contributed by atoms with van der Waals surface area (Å²) in [6.07, 6.45) is 18.2. The van der Waals surface area contributed by atoms with Gasteiger partial charge in [0.05, 0.1) is 37.6 Å². The van der Waals surface area contributed by atoms with Crippen molar-refractivity contribution >= 4 is 22.3 Å². The van der Waals surface area contributed by atoms with Crippen LogP contribution in [0.5, 0.6) is 17.6 Å². The lowest BCUT2D eigenvalue weighted by Crippen LogP contribution is -2.58. The molecule has 2 saturated carbocycles. The zero-order chi connectivity index (χ0) is 37.2.